The number of alkyl halides is 1. The summed E-state index contributed by atoms with van der Waals surface area (Å²) in [5.41, 5.74) is 5.40. The summed E-state index contributed by atoms with van der Waals surface area (Å²) in [6, 6.07) is 10.6. The van der Waals surface area contributed by atoms with Crippen LogP contribution >= 0.6 is 11.6 Å². The Bertz CT molecular complexity index is 638. The van der Waals surface area contributed by atoms with Crippen molar-refractivity contribution in [3.05, 3.63) is 58.4 Å². The van der Waals surface area contributed by atoms with Gasteiger partial charge in [0.15, 0.2) is 5.78 Å². The number of aryl methyl sites for hydroxylation is 2. The molecular weight excluding hydrogens is 282 g/mol. The molecule has 0 saturated carbocycles. The Labute approximate surface area is 131 Å². The van der Waals surface area contributed by atoms with Gasteiger partial charge >= 0.3 is 0 Å². The van der Waals surface area contributed by atoms with Crippen LogP contribution in [0.3, 0.4) is 0 Å². The van der Waals surface area contributed by atoms with Crippen LogP contribution in [0.2, 0.25) is 0 Å². The van der Waals surface area contributed by atoms with Crippen LogP contribution in [0.25, 0.3) is 0 Å². The largest absolute Gasteiger partial charge is 0.344 e. The molecule has 0 saturated heterocycles. The zero-order valence-electron chi connectivity index (χ0n) is 13.1. The van der Waals surface area contributed by atoms with Crippen LogP contribution in [0.5, 0.6) is 0 Å². The number of Topliss-reactive ketones (excluding diaryl/α,β-unsaturated/α-hetero) is 1. The van der Waals surface area contributed by atoms with Crippen molar-refractivity contribution in [2.75, 3.05) is 0 Å². The molecule has 2 aromatic rings. The summed E-state index contributed by atoms with van der Waals surface area (Å²) in [5.74, 6) is -0.00246. The van der Waals surface area contributed by atoms with Crippen molar-refractivity contribution >= 4 is 17.4 Å². The number of rotatable bonds is 5. The molecular formula is C18H22ClNO. The summed E-state index contributed by atoms with van der Waals surface area (Å²) >= 11 is 5.93. The zero-order chi connectivity index (χ0) is 15.6. The lowest BCUT2D eigenvalue weighted by Gasteiger charge is -2.11. The first-order valence-corrected chi connectivity index (χ1v) is 7.80. The van der Waals surface area contributed by atoms with E-state index in [4.69, 9.17) is 11.6 Å². The summed E-state index contributed by atoms with van der Waals surface area (Å²) in [6.45, 7) is 8.68. The minimum atomic E-state index is -0.484. The van der Waals surface area contributed by atoms with Gasteiger partial charge in [0.05, 0.1) is 5.38 Å². The van der Waals surface area contributed by atoms with Crippen molar-refractivity contribution in [1.29, 1.82) is 0 Å². The Kier molecular flexibility index (Phi) is 4.89. The number of carbonyl (C=O) groups excluding carboxylic acids is 1. The van der Waals surface area contributed by atoms with Crippen LogP contribution in [0, 0.1) is 13.8 Å². The smallest absolute Gasteiger partial charge is 0.182 e. The van der Waals surface area contributed by atoms with Gasteiger partial charge in [0.2, 0.25) is 0 Å². The van der Waals surface area contributed by atoms with Gasteiger partial charge in [-0.3, -0.25) is 4.79 Å². The van der Waals surface area contributed by atoms with Crippen LogP contribution in [-0.4, -0.2) is 15.7 Å². The summed E-state index contributed by atoms with van der Waals surface area (Å²) in [4.78, 5) is 12.1. The van der Waals surface area contributed by atoms with E-state index in [0.29, 0.717) is 0 Å². The molecule has 0 fully saturated rings. The molecule has 1 unspecified atom stereocenters. The maximum absolute atomic E-state index is 12.1. The Balaban J connectivity index is 2.29. The van der Waals surface area contributed by atoms with Gasteiger partial charge in [0, 0.05) is 23.5 Å². The number of aromatic nitrogens is 1. The molecule has 112 valence electrons. The van der Waals surface area contributed by atoms with Crippen molar-refractivity contribution in [3.63, 3.8) is 0 Å². The van der Waals surface area contributed by atoms with E-state index in [2.05, 4.69) is 35.8 Å². The molecule has 1 aromatic carbocycles. The minimum absolute atomic E-state index is 0.00246. The fourth-order valence-corrected chi connectivity index (χ4v) is 2.69. The van der Waals surface area contributed by atoms with Gasteiger partial charge in [-0.1, -0.05) is 31.2 Å². The Morgan fingerprint density at radius 1 is 1.19 bits per heavy atom. The van der Waals surface area contributed by atoms with Crippen LogP contribution in [-0.2, 0) is 13.0 Å². The lowest BCUT2D eigenvalue weighted by molar-refractivity contribution is 0.0991. The van der Waals surface area contributed by atoms with Crippen molar-refractivity contribution in [3.8, 4) is 0 Å². The number of benzene rings is 1. The molecule has 0 bridgehead atoms. The quantitative estimate of drug-likeness (QED) is 0.588. The molecule has 0 aliphatic rings. The van der Waals surface area contributed by atoms with E-state index in [9.17, 15) is 4.79 Å². The van der Waals surface area contributed by atoms with Crippen LogP contribution in [0.4, 0.5) is 0 Å². The highest BCUT2D eigenvalue weighted by Gasteiger charge is 2.19. The maximum atomic E-state index is 12.1. The number of ketones is 1. The molecule has 2 nitrogen and oxygen atoms in total. The van der Waals surface area contributed by atoms with Crippen molar-refractivity contribution in [2.45, 2.75) is 46.0 Å². The standard InChI is InChI=1S/C18H22ClNO/c1-5-15-6-8-16(9-7-15)11-20-12(2)10-17(14(20)4)18(21)13(3)19/h6-10,13H,5,11H2,1-4H3. The summed E-state index contributed by atoms with van der Waals surface area (Å²) in [5, 5.41) is -0.484. The Morgan fingerprint density at radius 3 is 2.29 bits per heavy atom. The normalized spacial score (nSPS) is 12.4. The predicted molar refractivity (Wildman–Crippen MR) is 88.5 cm³/mol. The fourth-order valence-electron chi connectivity index (χ4n) is 2.57. The summed E-state index contributed by atoms with van der Waals surface area (Å²) < 4.78 is 2.17. The van der Waals surface area contributed by atoms with Gasteiger partial charge < -0.3 is 4.57 Å². The SMILES string of the molecule is CCc1ccc(Cn2c(C)cc(C(=O)C(C)Cl)c2C)cc1. The van der Waals surface area contributed by atoms with E-state index in [1.165, 1.54) is 11.1 Å². The maximum Gasteiger partial charge on any atom is 0.182 e. The average molecular weight is 304 g/mol. The highest BCUT2D eigenvalue weighted by atomic mass is 35.5. The number of hydrogen-bond acceptors (Lipinski definition) is 1. The van der Waals surface area contributed by atoms with Crippen LogP contribution in [0.15, 0.2) is 30.3 Å². The van der Waals surface area contributed by atoms with Crippen molar-refractivity contribution in [2.24, 2.45) is 0 Å². The molecule has 0 aliphatic carbocycles. The van der Waals surface area contributed by atoms with Crippen LogP contribution in [0.1, 0.15) is 46.7 Å². The van der Waals surface area contributed by atoms with Gasteiger partial charge in [0.1, 0.15) is 0 Å². The van der Waals surface area contributed by atoms with Crippen molar-refractivity contribution < 1.29 is 4.79 Å². The first-order valence-electron chi connectivity index (χ1n) is 7.36. The first-order chi connectivity index (χ1) is 9.93. The van der Waals surface area contributed by atoms with Gasteiger partial charge in [-0.2, -0.15) is 0 Å². The third kappa shape index (κ3) is 3.38. The molecule has 0 radical (unpaired) electrons. The second kappa shape index (κ2) is 6.48. The highest BCUT2D eigenvalue weighted by molar-refractivity contribution is 6.33. The van der Waals surface area contributed by atoms with Gasteiger partial charge in [-0.05, 0) is 44.4 Å². The molecule has 1 aromatic heterocycles. The molecule has 21 heavy (non-hydrogen) atoms. The van der Waals surface area contributed by atoms with Crippen molar-refractivity contribution in [1.82, 2.24) is 4.57 Å². The summed E-state index contributed by atoms with van der Waals surface area (Å²) in [6.07, 6.45) is 1.05. The molecule has 1 atom stereocenters. The highest BCUT2D eigenvalue weighted by Crippen LogP contribution is 2.20. The molecule has 0 spiro atoms. The Hall–Kier alpha value is -1.54. The summed E-state index contributed by atoms with van der Waals surface area (Å²) in [7, 11) is 0. The molecule has 2 rings (SSSR count). The number of nitrogens with zero attached hydrogens (tertiary/aromatic N) is 1. The minimum Gasteiger partial charge on any atom is -0.344 e. The third-order valence-corrected chi connectivity index (χ3v) is 4.17. The number of carbonyl (C=O) groups is 1. The van der Waals surface area contributed by atoms with E-state index in [-0.39, 0.29) is 5.78 Å². The van der Waals surface area contributed by atoms with E-state index < -0.39 is 5.38 Å². The molecule has 1 heterocycles. The molecule has 0 amide bonds. The molecule has 3 heteroatoms. The average Bonchev–Trinajstić information content (AvgIpc) is 2.75. The number of halogens is 1. The zero-order valence-corrected chi connectivity index (χ0v) is 13.9. The van der Waals surface area contributed by atoms with Gasteiger partial charge in [0.25, 0.3) is 0 Å². The second-order valence-corrected chi connectivity index (χ2v) is 6.18. The predicted octanol–water partition coefficient (Wildman–Crippen LogP) is 4.53. The lowest BCUT2D eigenvalue weighted by Crippen LogP contribution is -2.12. The van der Waals surface area contributed by atoms with Crippen LogP contribution < -0.4 is 0 Å². The first kappa shape index (κ1) is 15.8. The Morgan fingerprint density at radius 2 is 1.76 bits per heavy atom. The molecule has 0 aliphatic heterocycles. The fraction of sp³-hybridized carbons (Fsp3) is 0.389. The molecule has 0 N–H and O–H groups in total. The number of hydrogen-bond donors (Lipinski definition) is 0. The van der Waals surface area contributed by atoms with E-state index in [1.54, 1.807) is 6.92 Å². The van der Waals surface area contributed by atoms with Gasteiger partial charge in [-0.25, -0.2) is 0 Å². The van der Waals surface area contributed by atoms with Gasteiger partial charge in [-0.15, -0.1) is 11.6 Å². The van der Waals surface area contributed by atoms with E-state index in [0.717, 1.165) is 29.9 Å². The monoisotopic (exact) mass is 303 g/mol. The second-order valence-electron chi connectivity index (χ2n) is 5.52. The lowest BCUT2D eigenvalue weighted by atomic mass is 10.1. The van der Waals surface area contributed by atoms with E-state index >= 15 is 0 Å². The third-order valence-electron chi connectivity index (χ3n) is 3.97. The van der Waals surface area contributed by atoms with E-state index in [1.807, 2.05) is 19.9 Å². The topological polar surface area (TPSA) is 22.0 Å².